The fraction of sp³-hybridized carbons (Fsp3) is 0.207. The minimum absolute atomic E-state index is 0.215. The first-order valence-corrected chi connectivity index (χ1v) is 11.5. The Morgan fingerprint density at radius 1 is 1.00 bits per heavy atom. The van der Waals surface area contributed by atoms with Gasteiger partial charge in [-0.05, 0) is 67.1 Å². The number of amides is 1. The number of nitrogens with zero attached hydrogens (tertiary/aromatic N) is 1. The zero-order chi connectivity index (χ0) is 22.9. The van der Waals surface area contributed by atoms with Crippen molar-refractivity contribution in [2.75, 3.05) is 0 Å². The zero-order valence-corrected chi connectivity index (χ0v) is 19.0. The zero-order valence-electron chi connectivity index (χ0n) is 19.0. The number of ether oxygens (including phenoxy) is 1. The Hall–Kier alpha value is -3.79. The molecule has 0 spiro atoms. The molecule has 0 saturated carbocycles. The van der Waals surface area contributed by atoms with Crippen molar-refractivity contribution in [1.82, 2.24) is 4.57 Å². The highest BCUT2D eigenvalue weighted by Crippen LogP contribution is 2.42. The second kappa shape index (κ2) is 8.62. The number of hydrogen-bond donors (Lipinski definition) is 1. The topological polar surface area (TPSA) is 57.2 Å². The summed E-state index contributed by atoms with van der Waals surface area (Å²) in [5.74, 6) is 1.11. The van der Waals surface area contributed by atoms with Crippen molar-refractivity contribution in [3.05, 3.63) is 107 Å². The Kier molecular flexibility index (Phi) is 5.51. The molecule has 1 heterocycles. The van der Waals surface area contributed by atoms with E-state index >= 15 is 0 Å². The fourth-order valence-electron chi connectivity index (χ4n) is 5.29. The van der Waals surface area contributed by atoms with E-state index in [4.69, 9.17) is 10.5 Å². The van der Waals surface area contributed by atoms with Crippen LogP contribution < -0.4 is 10.5 Å². The van der Waals surface area contributed by atoms with Crippen LogP contribution in [0.3, 0.4) is 0 Å². The second-order valence-corrected chi connectivity index (χ2v) is 8.57. The van der Waals surface area contributed by atoms with Crippen molar-refractivity contribution in [3.8, 4) is 22.6 Å². The monoisotopic (exact) mass is 436 g/mol. The van der Waals surface area contributed by atoms with Crippen LogP contribution in [0.15, 0.2) is 78.9 Å². The lowest BCUT2D eigenvalue weighted by atomic mass is 9.98. The highest BCUT2D eigenvalue weighted by molar-refractivity contribution is 6.02. The van der Waals surface area contributed by atoms with E-state index in [1.807, 2.05) is 61.5 Å². The molecule has 1 aliphatic carbocycles. The predicted octanol–water partition coefficient (Wildman–Crippen LogP) is 6.45. The van der Waals surface area contributed by atoms with E-state index in [2.05, 4.69) is 35.8 Å². The molecule has 2 N–H and O–H groups in total. The van der Waals surface area contributed by atoms with Crippen molar-refractivity contribution in [3.63, 3.8) is 0 Å². The summed E-state index contributed by atoms with van der Waals surface area (Å²) in [6.07, 6.45) is 2.87. The second-order valence-electron chi connectivity index (χ2n) is 8.57. The molecule has 3 aromatic carbocycles. The van der Waals surface area contributed by atoms with Crippen molar-refractivity contribution in [2.24, 2.45) is 5.73 Å². The summed E-state index contributed by atoms with van der Waals surface area (Å²) in [5, 5.41) is 0. The molecule has 5 rings (SSSR count). The summed E-state index contributed by atoms with van der Waals surface area (Å²) in [5.41, 5.74) is 13.2. The molecule has 1 unspecified atom stereocenters. The molecule has 33 heavy (non-hydrogen) atoms. The Bertz CT molecular complexity index is 1320. The third-order valence-electron chi connectivity index (χ3n) is 6.65. The molecule has 0 aliphatic heterocycles. The maximum atomic E-state index is 12.7. The minimum Gasteiger partial charge on any atom is -0.457 e. The van der Waals surface area contributed by atoms with Gasteiger partial charge in [0, 0.05) is 17.0 Å². The lowest BCUT2D eigenvalue weighted by Crippen LogP contribution is -2.15. The van der Waals surface area contributed by atoms with E-state index in [1.54, 1.807) is 0 Å². The number of benzene rings is 3. The summed E-state index contributed by atoms with van der Waals surface area (Å²) in [6, 6.07) is 26.5. The molecular formula is C29H28N2O2. The van der Waals surface area contributed by atoms with Crippen LogP contribution in [0.25, 0.3) is 11.1 Å². The lowest BCUT2D eigenvalue weighted by molar-refractivity contribution is 0.1000. The summed E-state index contributed by atoms with van der Waals surface area (Å²) in [4.78, 5) is 12.7. The van der Waals surface area contributed by atoms with Crippen molar-refractivity contribution < 1.29 is 9.53 Å². The number of nitrogens with two attached hydrogens (primary N) is 1. The Morgan fingerprint density at radius 3 is 2.48 bits per heavy atom. The molecule has 0 bridgehead atoms. The normalized spacial score (nSPS) is 14.8. The molecule has 4 heteroatoms. The first-order chi connectivity index (χ1) is 16.1. The van der Waals surface area contributed by atoms with Crippen molar-refractivity contribution in [2.45, 2.75) is 39.2 Å². The number of hydrogen-bond acceptors (Lipinski definition) is 2. The molecule has 0 radical (unpaired) electrons. The van der Waals surface area contributed by atoms with Gasteiger partial charge in [0.1, 0.15) is 11.5 Å². The van der Waals surface area contributed by atoms with Crippen LogP contribution in [-0.2, 0) is 12.8 Å². The molecule has 166 valence electrons. The quantitative estimate of drug-likeness (QED) is 0.377. The third-order valence-corrected chi connectivity index (χ3v) is 6.65. The summed E-state index contributed by atoms with van der Waals surface area (Å²) in [6.45, 7) is 4.17. The van der Waals surface area contributed by atoms with Gasteiger partial charge < -0.3 is 15.0 Å². The van der Waals surface area contributed by atoms with Crippen LogP contribution in [0.2, 0.25) is 0 Å². The number of para-hydroxylation sites is 1. The highest BCUT2D eigenvalue weighted by atomic mass is 16.5. The smallest absolute Gasteiger partial charge is 0.251 e. The standard InChI is InChI=1S/C29H28N2O2/c1-3-25-28(21-11-9-14-23(18-21)33-22-12-5-4-6-13-22)27(29(30)32)19(2)31(25)26-17-16-20-10-7-8-15-24(20)26/h4-15,18,26H,3,16-17H2,1-2H3,(H2,30,32). The van der Waals surface area contributed by atoms with E-state index in [0.717, 1.165) is 53.3 Å². The van der Waals surface area contributed by atoms with E-state index in [1.165, 1.54) is 11.1 Å². The maximum Gasteiger partial charge on any atom is 0.251 e. The van der Waals surface area contributed by atoms with E-state index < -0.39 is 5.91 Å². The molecule has 4 nitrogen and oxygen atoms in total. The number of carbonyl (C=O) groups excluding carboxylic acids is 1. The van der Waals surface area contributed by atoms with Gasteiger partial charge in [-0.15, -0.1) is 0 Å². The minimum atomic E-state index is -0.392. The van der Waals surface area contributed by atoms with Crippen LogP contribution in [0.4, 0.5) is 0 Å². The molecule has 0 fully saturated rings. The number of carbonyl (C=O) groups is 1. The first kappa shape index (κ1) is 21.1. The van der Waals surface area contributed by atoms with Crippen LogP contribution in [0.5, 0.6) is 11.5 Å². The summed E-state index contributed by atoms with van der Waals surface area (Å²) >= 11 is 0. The molecule has 0 saturated heterocycles. The third kappa shape index (κ3) is 3.72. The largest absolute Gasteiger partial charge is 0.457 e. The van der Waals surface area contributed by atoms with Gasteiger partial charge in [-0.2, -0.15) is 0 Å². The number of aryl methyl sites for hydroxylation is 1. The molecule has 1 aliphatic rings. The van der Waals surface area contributed by atoms with Crippen LogP contribution >= 0.6 is 0 Å². The number of fused-ring (bicyclic) bond motifs is 1. The van der Waals surface area contributed by atoms with E-state index in [9.17, 15) is 4.79 Å². The van der Waals surface area contributed by atoms with Crippen LogP contribution in [0.1, 0.15) is 52.3 Å². The Labute approximate surface area is 194 Å². The van der Waals surface area contributed by atoms with Gasteiger partial charge in [0.05, 0.1) is 11.6 Å². The van der Waals surface area contributed by atoms with Gasteiger partial charge in [-0.25, -0.2) is 0 Å². The molecule has 4 aromatic rings. The number of primary amides is 1. The number of aromatic nitrogens is 1. The summed E-state index contributed by atoms with van der Waals surface area (Å²) < 4.78 is 8.43. The van der Waals surface area contributed by atoms with Gasteiger partial charge in [-0.3, -0.25) is 4.79 Å². The van der Waals surface area contributed by atoms with E-state index in [-0.39, 0.29) is 6.04 Å². The van der Waals surface area contributed by atoms with Gasteiger partial charge in [0.15, 0.2) is 0 Å². The van der Waals surface area contributed by atoms with Gasteiger partial charge in [-0.1, -0.05) is 61.5 Å². The maximum absolute atomic E-state index is 12.7. The number of rotatable bonds is 6. The van der Waals surface area contributed by atoms with Crippen LogP contribution in [-0.4, -0.2) is 10.5 Å². The highest BCUT2D eigenvalue weighted by Gasteiger charge is 2.31. The molecular weight excluding hydrogens is 408 g/mol. The van der Waals surface area contributed by atoms with Gasteiger partial charge >= 0.3 is 0 Å². The molecule has 1 atom stereocenters. The predicted molar refractivity (Wildman–Crippen MR) is 132 cm³/mol. The van der Waals surface area contributed by atoms with Gasteiger partial charge in [0.25, 0.3) is 5.91 Å². The van der Waals surface area contributed by atoms with E-state index in [0.29, 0.717) is 5.56 Å². The average molecular weight is 437 g/mol. The van der Waals surface area contributed by atoms with Crippen LogP contribution in [0, 0.1) is 6.92 Å². The summed E-state index contributed by atoms with van der Waals surface area (Å²) in [7, 11) is 0. The molecule has 1 amide bonds. The SMILES string of the molecule is CCc1c(-c2cccc(Oc3ccccc3)c2)c(C(N)=O)c(C)n1C1CCc2ccccc21. The lowest BCUT2D eigenvalue weighted by Gasteiger charge is -2.20. The Morgan fingerprint density at radius 2 is 1.73 bits per heavy atom. The van der Waals surface area contributed by atoms with Crippen molar-refractivity contribution in [1.29, 1.82) is 0 Å². The van der Waals surface area contributed by atoms with Gasteiger partial charge in [0.2, 0.25) is 0 Å². The molecule has 1 aromatic heterocycles. The first-order valence-electron chi connectivity index (χ1n) is 11.5. The average Bonchev–Trinajstić information content (AvgIpc) is 3.38. The van der Waals surface area contributed by atoms with Crippen molar-refractivity contribution >= 4 is 5.91 Å². The Balaban J connectivity index is 1.65. The fourth-order valence-corrected chi connectivity index (χ4v) is 5.29.